The van der Waals surface area contributed by atoms with E-state index in [2.05, 4.69) is 84.8 Å². The summed E-state index contributed by atoms with van der Waals surface area (Å²) in [4.78, 5) is 0. The molecule has 0 radical (unpaired) electrons. The first-order valence-electron chi connectivity index (χ1n) is 7.46. The van der Waals surface area contributed by atoms with Gasteiger partial charge in [-0.05, 0) is 17.6 Å². The van der Waals surface area contributed by atoms with Crippen molar-refractivity contribution in [1.29, 1.82) is 0 Å². The summed E-state index contributed by atoms with van der Waals surface area (Å²) in [5.74, 6) is 2.14. The van der Waals surface area contributed by atoms with Crippen molar-refractivity contribution in [3.63, 3.8) is 0 Å². The second-order valence-electron chi connectivity index (χ2n) is 5.76. The fourth-order valence-corrected chi connectivity index (χ4v) is 2.99. The molecule has 0 amide bonds. The van der Waals surface area contributed by atoms with Crippen LogP contribution in [0.15, 0.2) is 72.7 Å². The molecule has 0 spiro atoms. The number of nitrogens with zero attached hydrogens (tertiary/aromatic N) is 1. The Morgan fingerprint density at radius 3 is 2.46 bits per heavy atom. The Bertz CT molecular complexity index is 757. The van der Waals surface area contributed by atoms with Gasteiger partial charge in [-0.3, -0.25) is 6.08 Å². The summed E-state index contributed by atoms with van der Waals surface area (Å²) in [5.41, 5.74) is 1.48. The van der Waals surface area contributed by atoms with Crippen molar-refractivity contribution in [2.45, 2.75) is 13.8 Å². The molecule has 0 aliphatic heterocycles. The summed E-state index contributed by atoms with van der Waals surface area (Å²) in [7, 11) is 11.1. The number of hydrogen-bond acceptors (Lipinski definition) is 0. The Morgan fingerprint density at radius 2 is 1.96 bits per heavy atom. The van der Waals surface area contributed by atoms with Gasteiger partial charge in [-0.2, -0.15) is 6.08 Å². The predicted octanol–water partition coefficient (Wildman–Crippen LogP) is 7.25. The van der Waals surface area contributed by atoms with Crippen LogP contribution in [0.5, 0.6) is 0 Å². The fourth-order valence-electron chi connectivity index (χ4n) is 2.29. The van der Waals surface area contributed by atoms with Crippen LogP contribution in [0.4, 0.5) is 0 Å². The number of rotatable bonds is 1. The zero-order valence-corrected chi connectivity index (χ0v) is 18.4. The van der Waals surface area contributed by atoms with Crippen LogP contribution in [-0.4, -0.2) is 4.33 Å². The number of benzene rings is 1. The third-order valence-electron chi connectivity index (χ3n) is 3.44. The van der Waals surface area contributed by atoms with Gasteiger partial charge in [-0.15, -0.1) is 41.1 Å². The minimum Gasteiger partial charge on any atom is -0.319 e. The molecule has 0 atom stereocenters. The van der Waals surface area contributed by atoms with Crippen molar-refractivity contribution >= 4 is 36.1 Å². The zero-order valence-electron chi connectivity index (χ0n) is 13.6. The summed E-state index contributed by atoms with van der Waals surface area (Å²) >= 11 is -0.826. The molecule has 5 heteroatoms. The van der Waals surface area contributed by atoms with Gasteiger partial charge >= 0.3 is 37.9 Å². The summed E-state index contributed by atoms with van der Waals surface area (Å²) < 4.78 is 2.22. The number of aromatic nitrogens is 1. The van der Waals surface area contributed by atoms with Crippen molar-refractivity contribution in [1.82, 2.24) is 4.33 Å². The molecular formula is C19H18Cl2NPZr. The summed E-state index contributed by atoms with van der Waals surface area (Å²) in [5, 5.41) is 2.64. The van der Waals surface area contributed by atoms with Crippen molar-refractivity contribution < 1.29 is 20.8 Å². The molecule has 0 saturated carbocycles. The zero-order chi connectivity index (χ0) is 17.4. The molecule has 0 saturated heterocycles. The van der Waals surface area contributed by atoms with Crippen molar-refractivity contribution in [2.24, 2.45) is 5.41 Å². The molecule has 1 nitrogen and oxygen atoms in total. The Kier molecular flexibility index (Phi) is 8.11. The predicted molar refractivity (Wildman–Crippen MR) is 104 cm³/mol. The Labute approximate surface area is 164 Å². The molecule has 0 fully saturated rings. The molecular weight excluding hydrogens is 435 g/mol. The molecule has 4 rings (SSSR count). The molecule has 0 N–H and O–H groups in total. The van der Waals surface area contributed by atoms with Gasteiger partial charge in [0, 0.05) is 14.5 Å². The largest absolute Gasteiger partial charge is 0.319 e. The SMILES string of the molecule is CC1(C)[C-]=CC=C1.[Cl][Zr+2][Cl].c1ccc2[cH-]c(-n3cccp3)cc2c1. The molecule has 1 heterocycles. The molecule has 1 aliphatic carbocycles. The minimum atomic E-state index is -0.826. The molecule has 0 unspecified atom stereocenters. The van der Waals surface area contributed by atoms with E-state index in [-0.39, 0.29) is 5.41 Å². The molecule has 1 aliphatic rings. The third kappa shape index (κ3) is 6.09. The van der Waals surface area contributed by atoms with Crippen molar-refractivity contribution in [2.75, 3.05) is 0 Å². The number of fused-ring (bicyclic) bond motifs is 1. The number of allylic oxidation sites excluding steroid dienone is 4. The Balaban J connectivity index is 0.000000176. The minimum absolute atomic E-state index is 0.208. The first-order chi connectivity index (χ1) is 11.6. The summed E-state index contributed by atoms with van der Waals surface area (Å²) in [6, 6.07) is 15.0. The van der Waals surface area contributed by atoms with Crippen LogP contribution >= 0.6 is 25.4 Å². The van der Waals surface area contributed by atoms with Crippen molar-refractivity contribution in [3.05, 3.63) is 78.8 Å². The van der Waals surface area contributed by atoms with E-state index >= 15 is 0 Å². The maximum Gasteiger partial charge on any atom is 0.0166 e. The van der Waals surface area contributed by atoms with Gasteiger partial charge in [0.15, 0.2) is 0 Å². The average molecular weight is 453 g/mol. The van der Waals surface area contributed by atoms with E-state index in [0.717, 1.165) is 0 Å². The normalized spacial score (nSPS) is 14.0. The Hall–Kier alpha value is -0.517. The second kappa shape index (κ2) is 9.83. The summed E-state index contributed by atoms with van der Waals surface area (Å²) in [6.07, 6.45) is 11.4. The summed E-state index contributed by atoms with van der Waals surface area (Å²) in [6.45, 7) is 4.26. The molecule has 122 valence electrons. The standard InChI is InChI=1S/C12H9NP.C7H9.2ClH.Zr/c1-2-5-11-9-12(8-10(11)4-1)13-6-3-7-14-13;1-7(2)5-3-4-6-7;;;/h1-9H;3-5H,1-2H3;2*1H;/q2*-1;;;+4/p-2. The average Bonchev–Trinajstić information content (AvgIpc) is 3.27. The monoisotopic (exact) mass is 451 g/mol. The number of hydrogen-bond donors (Lipinski definition) is 0. The van der Waals surface area contributed by atoms with E-state index in [4.69, 9.17) is 17.0 Å². The van der Waals surface area contributed by atoms with E-state index in [1.165, 1.54) is 24.8 Å². The van der Waals surface area contributed by atoms with E-state index in [1.807, 2.05) is 12.2 Å². The topological polar surface area (TPSA) is 4.93 Å². The molecule has 2 aromatic carbocycles. The molecule has 24 heavy (non-hydrogen) atoms. The van der Waals surface area contributed by atoms with E-state index in [9.17, 15) is 0 Å². The van der Waals surface area contributed by atoms with Gasteiger partial charge in [0.05, 0.1) is 0 Å². The van der Waals surface area contributed by atoms with E-state index in [1.54, 1.807) is 0 Å². The van der Waals surface area contributed by atoms with Gasteiger partial charge in [0.2, 0.25) is 0 Å². The quantitative estimate of drug-likeness (QED) is 0.342. The smallest absolute Gasteiger partial charge is 0.0166 e. The van der Waals surface area contributed by atoms with Crippen molar-refractivity contribution in [3.8, 4) is 5.69 Å². The molecule has 3 aromatic rings. The molecule has 0 bridgehead atoms. The number of halogens is 2. The fraction of sp³-hybridized carbons (Fsp3) is 0.158. The van der Waals surface area contributed by atoms with Gasteiger partial charge in [0.1, 0.15) is 0 Å². The maximum atomic E-state index is 4.93. The van der Waals surface area contributed by atoms with Gasteiger partial charge < -0.3 is 4.33 Å². The first kappa shape index (κ1) is 19.8. The van der Waals surface area contributed by atoms with E-state index < -0.39 is 20.8 Å². The van der Waals surface area contributed by atoms with Crippen LogP contribution in [0, 0.1) is 11.5 Å². The van der Waals surface area contributed by atoms with Crippen LogP contribution in [0.25, 0.3) is 16.5 Å². The van der Waals surface area contributed by atoms with E-state index in [0.29, 0.717) is 0 Å². The van der Waals surface area contributed by atoms with Crippen LogP contribution in [0.2, 0.25) is 0 Å². The second-order valence-corrected chi connectivity index (χ2v) is 10.4. The van der Waals surface area contributed by atoms with Crippen LogP contribution in [0.1, 0.15) is 13.8 Å². The molecule has 1 aromatic heterocycles. The Morgan fingerprint density at radius 1 is 1.21 bits per heavy atom. The third-order valence-corrected chi connectivity index (χ3v) is 4.35. The van der Waals surface area contributed by atoms with Crippen LogP contribution in [-0.2, 0) is 20.8 Å². The van der Waals surface area contributed by atoms with Crippen LogP contribution in [0.3, 0.4) is 0 Å². The van der Waals surface area contributed by atoms with Gasteiger partial charge in [0.25, 0.3) is 0 Å². The van der Waals surface area contributed by atoms with Crippen LogP contribution < -0.4 is 0 Å². The first-order valence-corrected chi connectivity index (χ1v) is 14.7. The maximum absolute atomic E-state index is 4.93. The van der Waals surface area contributed by atoms with Gasteiger partial charge in [-0.25, -0.2) is 12.2 Å². The van der Waals surface area contributed by atoms with Gasteiger partial charge in [-0.1, -0.05) is 25.3 Å².